The van der Waals surface area contributed by atoms with E-state index in [0.717, 1.165) is 83.5 Å². The third-order valence-electron chi connectivity index (χ3n) is 12.9. The molecule has 386 valence electrons. The first-order valence-corrected chi connectivity index (χ1v) is 29.0. The van der Waals surface area contributed by atoms with Gasteiger partial charge in [0.05, 0.1) is 0 Å². The first-order chi connectivity index (χ1) is 32.5. The van der Waals surface area contributed by atoms with Crippen molar-refractivity contribution in [3.05, 3.63) is 36.5 Å². The van der Waals surface area contributed by atoms with E-state index in [4.69, 9.17) is 14.2 Å². The Hall–Kier alpha value is -2.37. The summed E-state index contributed by atoms with van der Waals surface area (Å²) in [6.07, 6.45) is 65.6. The van der Waals surface area contributed by atoms with Crippen LogP contribution in [0.2, 0.25) is 0 Å². The number of hydrogen-bond donors (Lipinski definition) is 0. The lowest BCUT2D eigenvalue weighted by Crippen LogP contribution is -2.30. The van der Waals surface area contributed by atoms with E-state index >= 15 is 0 Å². The Labute approximate surface area is 410 Å². The molecule has 0 aromatic heterocycles. The Kier molecular flexibility index (Phi) is 53.2. The standard InChI is InChI=1S/C60H110O6/c1-4-7-10-13-16-19-22-25-28-30-33-35-38-41-44-47-50-53-59(62)65-56-57(55-64-58(61)52-49-46-43-40-37-34-31-27-24-21-18-15-12-9-6-3)66-60(63)54-51-48-45-42-39-36-32-29-26-23-20-17-14-11-8-5-2/h16,19,25,28,33,35,57H,4-15,17-18,20-24,26-27,29-32,34,36-56H2,1-3H3/b19-16+,28-25+,35-33+/t57-/m1/s1. The van der Waals surface area contributed by atoms with Crippen molar-refractivity contribution in [1.82, 2.24) is 0 Å². The Balaban J connectivity index is 4.37. The van der Waals surface area contributed by atoms with Gasteiger partial charge in [-0.3, -0.25) is 14.4 Å². The summed E-state index contributed by atoms with van der Waals surface area (Å²) in [5.41, 5.74) is 0. The normalized spacial score (nSPS) is 12.2. The fourth-order valence-electron chi connectivity index (χ4n) is 8.51. The zero-order chi connectivity index (χ0) is 47.9. The third-order valence-corrected chi connectivity index (χ3v) is 12.9. The summed E-state index contributed by atoms with van der Waals surface area (Å²) in [6.45, 7) is 6.64. The van der Waals surface area contributed by atoms with Crippen LogP contribution in [0.15, 0.2) is 36.5 Å². The van der Waals surface area contributed by atoms with Crippen LogP contribution in [0.25, 0.3) is 0 Å². The Morgan fingerprint density at radius 3 is 0.879 bits per heavy atom. The summed E-state index contributed by atoms with van der Waals surface area (Å²) in [4.78, 5) is 38.1. The monoisotopic (exact) mass is 927 g/mol. The van der Waals surface area contributed by atoms with Crippen molar-refractivity contribution in [2.45, 2.75) is 316 Å². The molecule has 0 aliphatic rings. The highest BCUT2D eigenvalue weighted by molar-refractivity contribution is 5.71. The number of unbranched alkanes of at least 4 members (excludes halogenated alkanes) is 36. The molecule has 0 unspecified atom stereocenters. The largest absolute Gasteiger partial charge is 0.462 e. The second-order valence-electron chi connectivity index (χ2n) is 19.6. The maximum absolute atomic E-state index is 12.9. The van der Waals surface area contributed by atoms with Crippen LogP contribution in [0, 0.1) is 0 Å². The fourth-order valence-corrected chi connectivity index (χ4v) is 8.51. The quantitative estimate of drug-likeness (QED) is 0.0262. The molecule has 0 rings (SSSR count). The third kappa shape index (κ3) is 52.6. The minimum absolute atomic E-state index is 0.0744. The van der Waals surface area contributed by atoms with Crippen molar-refractivity contribution in [2.24, 2.45) is 0 Å². The van der Waals surface area contributed by atoms with E-state index in [1.807, 2.05) is 0 Å². The molecule has 0 amide bonds. The second kappa shape index (κ2) is 55.2. The Morgan fingerprint density at radius 2 is 0.545 bits per heavy atom. The van der Waals surface area contributed by atoms with Crippen LogP contribution in [0.5, 0.6) is 0 Å². The van der Waals surface area contributed by atoms with E-state index < -0.39 is 6.10 Å². The fraction of sp³-hybridized carbons (Fsp3) is 0.850. The van der Waals surface area contributed by atoms with Crippen LogP contribution in [-0.2, 0) is 28.6 Å². The molecular formula is C60H110O6. The number of carbonyl (C=O) groups is 3. The van der Waals surface area contributed by atoms with Crippen LogP contribution in [0.3, 0.4) is 0 Å². The molecule has 0 aromatic carbocycles. The summed E-state index contributed by atoms with van der Waals surface area (Å²) in [5.74, 6) is -0.877. The first kappa shape index (κ1) is 63.6. The highest BCUT2D eigenvalue weighted by atomic mass is 16.6. The average Bonchev–Trinajstić information content (AvgIpc) is 3.31. The number of rotatable bonds is 53. The van der Waals surface area contributed by atoms with Gasteiger partial charge in [-0.15, -0.1) is 0 Å². The Bertz CT molecular complexity index is 1110. The molecule has 0 heterocycles. The second-order valence-corrected chi connectivity index (χ2v) is 19.6. The molecule has 66 heavy (non-hydrogen) atoms. The lowest BCUT2D eigenvalue weighted by molar-refractivity contribution is -0.167. The van der Waals surface area contributed by atoms with E-state index in [1.165, 1.54) is 186 Å². The molecule has 0 radical (unpaired) electrons. The van der Waals surface area contributed by atoms with E-state index in [0.29, 0.717) is 19.3 Å². The van der Waals surface area contributed by atoms with E-state index in [-0.39, 0.29) is 31.1 Å². The van der Waals surface area contributed by atoms with Gasteiger partial charge in [-0.1, -0.05) is 269 Å². The van der Waals surface area contributed by atoms with Crippen molar-refractivity contribution in [3.8, 4) is 0 Å². The van der Waals surface area contributed by atoms with E-state index in [9.17, 15) is 14.4 Å². The number of hydrogen-bond acceptors (Lipinski definition) is 6. The van der Waals surface area contributed by atoms with Crippen LogP contribution < -0.4 is 0 Å². The van der Waals surface area contributed by atoms with Crippen molar-refractivity contribution < 1.29 is 28.6 Å². The van der Waals surface area contributed by atoms with Crippen molar-refractivity contribution in [1.29, 1.82) is 0 Å². The first-order valence-electron chi connectivity index (χ1n) is 29.0. The van der Waals surface area contributed by atoms with Gasteiger partial charge >= 0.3 is 17.9 Å². The molecular weight excluding hydrogens is 817 g/mol. The average molecular weight is 928 g/mol. The Morgan fingerprint density at radius 1 is 0.303 bits per heavy atom. The van der Waals surface area contributed by atoms with Gasteiger partial charge in [0.25, 0.3) is 0 Å². The summed E-state index contributed by atoms with van der Waals surface area (Å²) >= 11 is 0. The predicted molar refractivity (Wildman–Crippen MR) is 284 cm³/mol. The summed E-state index contributed by atoms with van der Waals surface area (Å²) in [7, 11) is 0. The van der Waals surface area contributed by atoms with E-state index in [2.05, 4.69) is 57.2 Å². The zero-order valence-corrected chi connectivity index (χ0v) is 44.2. The molecule has 1 atom stereocenters. The lowest BCUT2D eigenvalue weighted by Gasteiger charge is -2.18. The van der Waals surface area contributed by atoms with Crippen LogP contribution in [0.1, 0.15) is 310 Å². The van der Waals surface area contributed by atoms with Gasteiger partial charge in [0.1, 0.15) is 13.2 Å². The van der Waals surface area contributed by atoms with Gasteiger partial charge in [0, 0.05) is 19.3 Å². The molecule has 0 saturated heterocycles. The maximum atomic E-state index is 12.9. The summed E-state index contributed by atoms with van der Waals surface area (Å²) < 4.78 is 16.9. The molecule has 6 nitrogen and oxygen atoms in total. The minimum atomic E-state index is -0.777. The molecule has 0 aliphatic carbocycles. The van der Waals surface area contributed by atoms with Gasteiger partial charge in [-0.2, -0.15) is 0 Å². The van der Waals surface area contributed by atoms with Crippen molar-refractivity contribution in [2.75, 3.05) is 13.2 Å². The number of carbonyl (C=O) groups excluding carboxylic acids is 3. The van der Waals surface area contributed by atoms with Gasteiger partial charge in [-0.25, -0.2) is 0 Å². The highest BCUT2D eigenvalue weighted by Gasteiger charge is 2.19. The van der Waals surface area contributed by atoms with Crippen LogP contribution in [-0.4, -0.2) is 37.2 Å². The summed E-state index contributed by atoms with van der Waals surface area (Å²) in [6, 6.07) is 0. The topological polar surface area (TPSA) is 78.9 Å². The van der Waals surface area contributed by atoms with E-state index in [1.54, 1.807) is 0 Å². The summed E-state index contributed by atoms with van der Waals surface area (Å²) in [5, 5.41) is 0. The van der Waals surface area contributed by atoms with Crippen molar-refractivity contribution >= 4 is 17.9 Å². The molecule has 0 saturated carbocycles. The molecule has 0 fully saturated rings. The highest BCUT2D eigenvalue weighted by Crippen LogP contribution is 2.17. The smallest absolute Gasteiger partial charge is 0.306 e. The zero-order valence-electron chi connectivity index (χ0n) is 44.2. The van der Waals surface area contributed by atoms with Gasteiger partial charge in [0.15, 0.2) is 6.10 Å². The molecule has 0 bridgehead atoms. The molecule has 0 N–H and O–H groups in total. The maximum Gasteiger partial charge on any atom is 0.306 e. The molecule has 6 heteroatoms. The van der Waals surface area contributed by atoms with Crippen molar-refractivity contribution in [3.63, 3.8) is 0 Å². The molecule has 0 spiro atoms. The number of allylic oxidation sites excluding steroid dienone is 6. The number of esters is 3. The number of ether oxygens (including phenoxy) is 3. The minimum Gasteiger partial charge on any atom is -0.462 e. The van der Waals surface area contributed by atoms with Gasteiger partial charge < -0.3 is 14.2 Å². The lowest BCUT2D eigenvalue weighted by atomic mass is 10.0. The van der Waals surface area contributed by atoms with Crippen LogP contribution >= 0.6 is 0 Å². The predicted octanol–water partition coefficient (Wildman–Crippen LogP) is 19.3. The van der Waals surface area contributed by atoms with Gasteiger partial charge in [-0.05, 0) is 57.8 Å². The molecule has 0 aromatic rings. The SMILES string of the molecule is CCCCC/C=C/C/C=C/C/C=C/CCCCCCC(=O)OC[C@@H](COC(=O)CCCCCCCCCCCCCCCCC)OC(=O)CCCCCCCCCCCCCCCCCC. The molecule has 0 aliphatic heterocycles. The van der Waals surface area contributed by atoms with Gasteiger partial charge in [0.2, 0.25) is 0 Å². The van der Waals surface area contributed by atoms with Crippen LogP contribution in [0.4, 0.5) is 0 Å².